The minimum Gasteiger partial charge on any atom is -0.316 e. The number of carbonyl (C=O) groups excluding carboxylic acids is 1. The van der Waals surface area contributed by atoms with Gasteiger partial charge in [-0.05, 0) is 36.7 Å². The zero-order valence-corrected chi connectivity index (χ0v) is 13.2. The highest BCUT2D eigenvalue weighted by atomic mass is 35.5. The molecule has 0 aliphatic carbocycles. The highest BCUT2D eigenvalue weighted by molar-refractivity contribution is 6.30. The number of rotatable bonds is 5. The number of hydrogen-bond donors (Lipinski definition) is 2. The molecule has 0 spiro atoms. The van der Waals surface area contributed by atoms with Gasteiger partial charge in [-0.3, -0.25) is 4.79 Å². The third kappa shape index (κ3) is 3.31. The summed E-state index contributed by atoms with van der Waals surface area (Å²) in [6.45, 7) is 4.40. The van der Waals surface area contributed by atoms with Gasteiger partial charge in [-0.25, -0.2) is 4.68 Å². The second-order valence-corrected chi connectivity index (χ2v) is 6.13. The van der Waals surface area contributed by atoms with E-state index in [0.29, 0.717) is 17.5 Å². The molecule has 1 amide bonds. The van der Waals surface area contributed by atoms with Crippen molar-refractivity contribution in [2.75, 3.05) is 18.4 Å². The van der Waals surface area contributed by atoms with Crippen molar-refractivity contribution in [3.63, 3.8) is 0 Å². The summed E-state index contributed by atoms with van der Waals surface area (Å²) in [5.41, 5.74) is 1.08. The zero-order chi connectivity index (χ0) is 15.5. The van der Waals surface area contributed by atoms with E-state index < -0.39 is 0 Å². The molecule has 0 bridgehead atoms. The third-order valence-corrected chi connectivity index (χ3v) is 4.40. The number of hydrogen-bond acceptors (Lipinski definition) is 3. The topological polar surface area (TPSA) is 59.0 Å². The van der Waals surface area contributed by atoms with E-state index in [-0.39, 0.29) is 11.8 Å². The number of nitrogens with zero attached hydrogens (tertiary/aromatic N) is 2. The molecular formula is C16H19ClN4O. The number of nitrogens with one attached hydrogen (secondary N) is 2. The summed E-state index contributed by atoms with van der Waals surface area (Å²) < 4.78 is 1.78. The summed E-state index contributed by atoms with van der Waals surface area (Å²) in [5, 5.41) is 11.2. The van der Waals surface area contributed by atoms with E-state index in [1.54, 1.807) is 10.9 Å². The maximum atomic E-state index is 12.3. The lowest BCUT2D eigenvalue weighted by Gasteiger charge is -2.31. The van der Waals surface area contributed by atoms with E-state index in [9.17, 15) is 4.79 Å². The van der Waals surface area contributed by atoms with Crippen LogP contribution in [0.5, 0.6) is 0 Å². The molecule has 0 saturated carbocycles. The molecule has 1 aromatic heterocycles. The maximum Gasteiger partial charge on any atom is 0.228 e. The molecule has 1 atom stereocenters. The smallest absolute Gasteiger partial charge is 0.228 e. The fourth-order valence-corrected chi connectivity index (χ4v) is 2.57. The lowest BCUT2D eigenvalue weighted by atomic mass is 9.88. The Labute approximate surface area is 134 Å². The van der Waals surface area contributed by atoms with Crippen LogP contribution in [0.3, 0.4) is 0 Å². The van der Waals surface area contributed by atoms with E-state index in [0.717, 1.165) is 24.5 Å². The van der Waals surface area contributed by atoms with Gasteiger partial charge in [-0.15, -0.1) is 0 Å². The van der Waals surface area contributed by atoms with E-state index in [1.807, 2.05) is 37.3 Å². The van der Waals surface area contributed by atoms with Crippen LogP contribution in [0.1, 0.15) is 12.5 Å². The Morgan fingerprint density at radius 1 is 1.41 bits per heavy atom. The Hall–Kier alpha value is -1.85. The molecule has 2 aromatic rings. The van der Waals surface area contributed by atoms with Crippen molar-refractivity contribution in [3.05, 3.63) is 47.1 Å². The van der Waals surface area contributed by atoms with E-state index in [1.165, 1.54) is 0 Å². The molecule has 1 fully saturated rings. The molecule has 1 aliphatic heterocycles. The van der Waals surface area contributed by atoms with Crippen LogP contribution in [-0.4, -0.2) is 28.8 Å². The lowest BCUT2D eigenvalue weighted by Crippen LogP contribution is -2.48. The van der Waals surface area contributed by atoms with Gasteiger partial charge in [0.1, 0.15) is 5.82 Å². The number of amides is 1. The van der Waals surface area contributed by atoms with Crippen LogP contribution < -0.4 is 10.6 Å². The summed E-state index contributed by atoms with van der Waals surface area (Å²) in [4.78, 5) is 12.3. The summed E-state index contributed by atoms with van der Waals surface area (Å²) in [5.74, 6) is 1.19. The van der Waals surface area contributed by atoms with Crippen molar-refractivity contribution in [1.29, 1.82) is 0 Å². The van der Waals surface area contributed by atoms with Crippen molar-refractivity contribution in [2.24, 2.45) is 11.8 Å². The Kier molecular flexibility index (Phi) is 4.45. The van der Waals surface area contributed by atoms with E-state index in [4.69, 9.17) is 11.6 Å². The van der Waals surface area contributed by atoms with Crippen LogP contribution in [0.2, 0.25) is 5.02 Å². The average Bonchev–Trinajstić information content (AvgIpc) is 2.86. The first-order valence-electron chi connectivity index (χ1n) is 7.41. The van der Waals surface area contributed by atoms with Crippen LogP contribution in [0, 0.1) is 11.8 Å². The molecule has 22 heavy (non-hydrogen) atoms. The van der Waals surface area contributed by atoms with Gasteiger partial charge in [0.2, 0.25) is 5.91 Å². The Morgan fingerprint density at radius 3 is 2.77 bits per heavy atom. The highest BCUT2D eigenvalue weighted by Gasteiger charge is 2.29. The Balaban J connectivity index is 1.66. The summed E-state index contributed by atoms with van der Waals surface area (Å²) >= 11 is 5.89. The number of carbonyl (C=O) groups is 1. The molecule has 2 heterocycles. The van der Waals surface area contributed by atoms with Crippen molar-refractivity contribution >= 4 is 23.3 Å². The fourth-order valence-electron chi connectivity index (χ4n) is 2.45. The molecule has 116 valence electrons. The standard InChI is InChI=1S/C16H19ClN4O/c1-11(13-8-18-9-13)16(22)20-15-6-7-19-21(15)10-12-2-4-14(17)5-3-12/h2-7,11,13,18H,8-10H2,1H3,(H,20,22). The molecule has 0 radical (unpaired) electrons. The van der Waals surface area contributed by atoms with Gasteiger partial charge in [0.05, 0.1) is 12.7 Å². The van der Waals surface area contributed by atoms with Crippen LogP contribution in [0.25, 0.3) is 0 Å². The predicted octanol–water partition coefficient (Wildman–Crippen LogP) is 2.38. The molecule has 1 saturated heterocycles. The molecule has 3 rings (SSSR count). The number of aromatic nitrogens is 2. The van der Waals surface area contributed by atoms with Crippen molar-refractivity contribution in [1.82, 2.24) is 15.1 Å². The van der Waals surface area contributed by atoms with Gasteiger partial charge in [0.25, 0.3) is 0 Å². The lowest BCUT2D eigenvalue weighted by molar-refractivity contribution is -0.121. The molecule has 2 N–H and O–H groups in total. The van der Waals surface area contributed by atoms with Gasteiger partial charge >= 0.3 is 0 Å². The van der Waals surface area contributed by atoms with E-state index in [2.05, 4.69) is 15.7 Å². The van der Waals surface area contributed by atoms with Crippen LogP contribution in [0.4, 0.5) is 5.82 Å². The second kappa shape index (κ2) is 6.50. The predicted molar refractivity (Wildman–Crippen MR) is 86.9 cm³/mol. The van der Waals surface area contributed by atoms with Gasteiger partial charge in [0.15, 0.2) is 0 Å². The summed E-state index contributed by atoms with van der Waals surface area (Å²) in [6.07, 6.45) is 1.70. The molecule has 1 unspecified atom stereocenters. The number of anilines is 1. The molecular weight excluding hydrogens is 300 g/mol. The maximum absolute atomic E-state index is 12.3. The zero-order valence-electron chi connectivity index (χ0n) is 12.4. The van der Waals surface area contributed by atoms with E-state index >= 15 is 0 Å². The Bertz CT molecular complexity index is 648. The van der Waals surface area contributed by atoms with Gasteiger partial charge in [0, 0.05) is 17.0 Å². The normalized spacial score (nSPS) is 16.1. The molecule has 5 nitrogen and oxygen atoms in total. The average molecular weight is 319 g/mol. The first kappa shape index (κ1) is 15.1. The van der Waals surface area contributed by atoms with Crippen LogP contribution in [-0.2, 0) is 11.3 Å². The van der Waals surface area contributed by atoms with Crippen molar-refractivity contribution in [2.45, 2.75) is 13.5 Å². The van der Waals surface area contributed by atoms with Gasteiger partial charge in [-0.1, -0.05) is 30.7 Å². The summed E-state index contributed by atoms with van der Waals surface area (Å²) in [7, 11) is 0. The minimum atomic E-state index is 0.000122. The molecule has 6 heteroatoms. The van der Waals surface area contributed by atoms with Crippen LogP contribution >= 0.6 is 11.6 Å². The monoisotopic (exact) mass is 318 g/mol. The first-order chi connectivity index (χ1) is 10.6. The second-order valence-electron chi connectivity index (χ2n) is 5.70. The highest BCUT2D eigenvalue weighted by Crippen LogP contribution is 2.19. The van der Waals surface area contributed by atoms with Crippen LogP contribution in [0.15, 0.2) is 36.5 Å². The van der Waals surface area contributed by atoms with Crippen molar-refractivity contribution in [3.8, 4) is 0 Å². The Morgan fingerprint density at radius 2 is 2.14 bits per heavy atom. The van der Waals surface area contributed by atoms with Gasteiger partial charge in [-0.2, -0.15) is 5.10 Å². The number of halogens is 1. The molecule has 1 aromatic carbocycles. The minimum absolute atomic E-state index is 0.000122. The first-order valence-corrected chi connectivity index (χ1v) is 7.79. The fraction of sp³-hybridized carbons (Fsp3) is 0.375. The largest absolute Gasteiger partial charge is 0.316 e. The SMILES string of the molecule is CC(C(=O)Nc1ccnn1Cc1ccc(Cl)cc1)C1CNC1. The number of benzene rings is 1. The van der Waals surface area contributed by atoms with Gasteiger partial charge < -0.3 is 10.6 Å². The summed E-state index contributed by atoms with van der Waals surface area (Å²) in [6, 6.07) is 9.44. The van der Waals surface area contributed by atoms with Crippen molar-refractivity contribution < 1.29 is 4.79 Å². The quantitative estimate of drug-likeness (QED) is 0.890. The third-order valence-electron chi connectivity index (χ3n) is 4.15. The molecule has 1 aliphatic rings.